The maximum absolute atomic E-state index is 2.36. The van der Waals surface area contributed by atoms with Gasteiger partial charge in [-0.15, -0.1) is 0 Å². The van der Waals surface area contributed by atoms with Crippen molar-refractivity contribution in [1.29, 1.82) is 0 Å². The number of halogens is 1. The molecule has 0 atom stereocenters. The first kappa shape index (κ1) is 14.1. The van der Waals surface area contributed by atoms with Crippen molar-refractivity contribution in [3.05, 3.63) is 88.0 Å². The Labute approximate surface area is 139 Å². The summed E-state index contributed by atoms with van der Waals surface area (Å²) in [4.78, 5) is 2.28. The van der Waals surface area contributed by atoms with Gasteiger partial charge in [-0.3, -0.25) is 0 Å². The van der Waals surface area contributed by atoms with Crippen molar-refractivity contribution >= 4 is 39.7 Å². The summed E-state index contributed by atoms with van der Waals surface area (Å²) >= 11 is 2.36. The highest BCUT2D eigenvalue weighted by Crippen LogP contribution is 2.34. The summed E-state index contributed by atoms with van der Waals surface area (Å²) in [6.45, 7) is 2.11. The molecular formula is C19H16IN. The molecule has 0 saturated heterocycles. The molecule has 2 heteroatoms. The van der Waals surface area contributed by atoms with Crippen LogP contribution in [0.3, 0.4) is 0 Å². The number of benzene rings is 3. The Bertz CT molecular complexity index is 720. The molecule has 0 bridgehead atoms. The van der Waals surface area contributed by atoms with E-state index >= 15 is 0 Å². The normalized spacial score (nSPS) is 10.4. The molecule has 0 spiro atoms. The van der Waals surface area contributed by atoms with Crippen LogP contribution in [0.25, 0.3) is 0 Å². The maximum Gasteiger partial charge on any atom is 0.0472 e. The lowest BCUT2D eigenvalue weighted by atomic mass is 10.1. The minimum absolute atomic E-state index is 1.17. The highest BCUT2D eigenvalue weighted by molar-refractivity contribution is 14.1. The lowest BCUT2D eigenvalue weighted by Crippen LogP contribution is -2.09. The van der Waals surface area contributed by atoms with Crippen LogP contribution in [0.1, 0.15) is 5.56 Å². The van der Waals surface area contributed by atoms with Crippen molar-refractivity contribution in [3.8, 4) is 0 Å². The molecule has 1 nitrogen and oxygen atoms in total. The standard InChI is InChI=1S/C19H16IN/c1-15-10-12-18(13-11-15)21(17-7-3-2-4-8-17)19-9-5-6-16(20)14-19/h2-14H,1H3. The van der Waals surface area contributed by atoms with E-state index in [2.05, 4.69) is 107 Å². The quantitative estimate of drug-likeness (QED) is 0.495. The Balaban J connectivity index is 2.13. The van der Waals surface area contributed by atoms with Gasteiger partial charge in [-0.05, 0) is 72.0 Å². The molecule has 3 rings (SSSR count). The fourth-order valence-corrected chi connectivity index (χ4v) is 2.86. The predicted molar refractivity (Wildman–Crippen MR) is 98.6 cm³/mol. The van der Waals surface area contributed by atoms with Crippen LogP contribution in [0, 0.1) is 10.5 Å². The van der Waals surface area contributed by atoms with Gasteiger partial charge < -0.3 is 4.90 Å². The van der Waals surface area contributed by atoms with Crippen LogP contribution in [0.4, 0.5) is 17.1 Å². The van der Waals surface area contributed by atoms with Crippen LogP contribution in [-0.4, -0.2) is 0 Å². The van der Waals surface area contributed by atoms with Gasteiger partial charge in [0.2, 0.25) is 0 Å². The van der Waals surface area contributed by atoms with Crippen LogP contribution in [0.5, 0.6) is 0 Å². The van der Waals surface area contributed by atoms with Gasteiger partial charge in [-0.2, -0.15) is 0 Å². The third-order valence-corrected chi connectivity index (χ3v) is 4.04. The molecule has 0 N–H and O–H groups in total. The SMILES string of the molecule is Cc1ccc(N(c2ccccc2)c2cccc(I)c2)cc1. The molecule has 0 aliphatic carbocycles. The summed E-state index contributed by atoms with van der Waals surface area (Å²) in [5.74, 6) is 0. The average molecular weight is 385 g/mol. The summed E-state index contributed by atoms with van der Waals surface area (Å²) in [6.07, 6.45) is 0. The number of aryl methyl sites for hydroxylation is 1. The molecule has 0 unspecified atom stereocenters. The third kappa shape index (κ3) is 3.27. The zero-order chi connectivity index (χ0) is 14.7. The predicted octanol–water partition coefficient (Wildman–Crippen LogP) is 6.07. The third-order valence-electron chi connectivity index (χ3n) is 3.37. The van der Waals surface area contributed by atoms with E-state index in [9.17, 15) is 0 Å². The monoisotopic (exact) mass is 385 g/mol. The molecule has 0 heterocycles. The highest BCUT2D eigenvalue weighted by Gasteiger charge is 2.11. The summed E-state index contributed by atoms with van der Waals surface area (Å²) in [7, 11) is 0. The van der Waals surface area contributed by atoms with Crippen LogP contribution in [-0.2, 0) is 0 Å². The minimum Gasteiger partial charge on any atom is -0.310 e. The van der Waals surface area contributed by atoms with Gasteiger partial charge in [-0.1, -0.05) is 42.0 Å². The number of para-hydroxylation sites is 1. The van der Waals surface area contributed by atoms with Gasteiger partial charge in [0.05, 0.1) is 0 Å². The van der Waals surface area contributed by atoms with Gasteiger partial charge in [0.15, 0.2) is 0 Å². The number of hydrogen-bond donors (Lipinski definition) is 0. The molecule has 0 amide bonds. The van der Waals surface area contributed by atoms with E-state index in [0.717, 1.165) is 0 Å². The van der Waals surface area contributed by atoms with Crippen molar-refractivity contribution < 1.29 is 0 Å². The average Bonchev–Trinajstić information content (AvgIpc) is 2.51. The molecule has 21 heavy (non-hydrogen) atoms. The number of anilines is 3. The topological polar surface area (TPSA) is 3.24 Å². The van der Waals surface area contributed by atoms with Crippen LogP contribution >= 0.6 is 22.6 Å². The second kappa shape index (κ2) is 6.31. The minimum atomic E-state index is 1.17. The van der Waals surface area contributed by atoms with E-state index < -0.39 is 0 Å². The lowest BCUT2D eigenvalue weighted by molar-refractivity contribution is 1.27. The highest BCUT2D eigenvalue weighted by atomic mass is 127. The molecule has 3 aromatic rings. The first-order valence-corrected chi connectivity index (χ1v) is 7.99. The lowest BCUT2D eigenvalue weighted by Gasteiger charge is -2.25. The number of nitrogens with zero attached hydrogens (tertiary/aromatic N) is 1. The summed E-state index contributed by atoms with van der Waals surface area (Å²) in [5.41, 5.74) is 4.79. The van der Waals surface area contributed by atoms with Crippen molar-refractivity contribution in [2.75, 3.05) is 4.90 Å². The van der Waals surface area contributed by atoms with Crippen molar-refractivity contribution in [2.45, 2.75) is 6.92 Å². The van der Waals surface area contributed by atoms with E-state index in [4.69, 9.17) is 0 Å². The maximum atomic E-state index is 2.36. The number of rotatable bonds is 3. The van der Waals surface area contributed by atoms with Crippen LogP contribution in [0.2, 0.25) is 0 Å². The van der Waals surface area contributed by atoms with E-state index in [-0.39, 0.29) is 0 Å². The van der Waals surface area contributed by atoms with Crippen LogP contribution < -0.4 is 4.90 Å². The molecule has 0 aromatic heterocycles. The smallest absolute Gasteiger partial charge is 0.0472 e. The molecule has 0 radical (unpaired) electrons. The number of hydrogen-bond acceptors (Lipinski definition) is 1. The fourth-order valence-electron chi connectivity index (χ4n) is 2.33. The molecule has 104 valence electrons. The Hall–Kier alpha value is -1.81. The summed E-state index contributed by atoms with van der Waals surface area (Å²) in [5, 5.41) is 0. The van der Waals surface area contributed by atoms with Gasteiger partial charge in [-0.25, -0.2) is 0 Å². The molecule has 0 aliphatic heterocycles. The summed E-state index contributed by atoms with van der Waals surface area (Å²) in [6, 6.07) is 27.7. The molecule has 0 fully saturated rings. The Morgan fingerprint density at radius 2 is 1.29 bits per heavy atom. The first-order valence-electron chi connectivity index (χ1n) is 6.91. The Morgan fingerprint density at radius 3 is 1.95 bits per heavy atom. The first-order chi connectivity index (χ1) is 10.2. The van der Waals surface area contributed by atoms with Gasteiger partial charge >= 0.3 is 0 Å². The van der Waals surface area contributed by atoms with E-state index in [1.807, 2.05) is 6.07 Å². The van der Waals surface area contributed by atoms with Crippen molar-refractivity contribution in [3.63, 3.8) is 0 Å². The zero-order valence-corrected chi connectivity index (χ0v) is 14.0. The Kier molecular flexibility index (Phi) is 4.25. The second-order valence-electron chi connectivity index (χ2n) is 4.99. The van der Waals surface area contributed by atoms with Gasteiger partial charge in [0, 0.05) is 20.6 Å². The van der Waals surface area contributed by atoms with E-state index in [1.54, 1.807) is 0 Å². The largest absolute Gasteiger partial charge is 0.310 e. The second-order valence-corrected chi connectivity index (χ2v) is 6.23. The van der Waals surface area contributed by atoms with Gasteiger partial charge in [0.25, 0.3) is 0 Å². The van der Waals surface area contributed by atoms with Gasteiger partial charge in [0.1, 0.15) is 0 Å². The van der Waals surface area contributed by atoms with Crippen LogP contribution in [0.15, 0.2) is 78.9 Å². The molecule has 0 aliphatic rings. The Morgan fingerprint density at radius 1 is 0.667 bits per heavy atom. The van der Waals surface area contributed by atoms with E-state index in [0.29, 0.717) is 0 Å². The van der Waals surface area contributed by atoms with Crippen molar-refractivity contribution in [2.24, 2.45) is 0 Å². The summed E-state index contributed by atoms with van der Waals surface area (Å²) < 4.78 is 1.23. The molecule has 0 saturated carbocycles. The molecule has 3 aromatic carbocycles. The van der Waals surface area contributed by atoms with E-state index in [1.165, 1.54) is 26.2 Å². The van der Waals surface area contributed by atoms with Crippen molar-refractivity contribution in [1.82, 2.24) is 0 Å². The fraction of sp³-hybridized carbons (Fsp3) is 0.0526. The molecular weight excluding hydrogens is 369 g/mol. The zero-order valence-electron chi connectivity index (χ0n) is 11.8.